The van der Waals surface area contributed by atoms with Crippen molar-refractivity contribution in [3.05, 3.63) is 34.9 Å². The number of halogens is 1. The van der Waals surface area contributed by atoms with Crippen LogP contribution in [-0.2, 0) is 4.79 Å². The lowest BCUT2D eigenvalue weighted by molar-refractivity contribution is -0.137. The summed E-state index contributed by atoms with van der Waals surface area (Å²) in [5.41, 5.74) is -0.186. The number of nitrogens with one attached hydrogen (secondary N) is 1. The quantitative estimate of drug-likeness (QED) is 0.862. The van der Waals surface area contributed by atoms with Crippen LogP contribution in [0.3, 0.4) is 0 Å². The molecule has 4 nitrogen and oxygen atoms in total. The van der Waals surface area contributed by atoms with Crippen LogP contribution in [0.4, 0.5) is 5.82 Å². The third kappa shape index (κ3) is 3.73. The van der Waals surface area contributed by atoms with E-state index in [1.54, 1.807) is 6.20 Å². The Morgan fingerprint density at radius 3 is 2.67 bits per heavy atom. The number of carboxylic acid groups (broad SMARTS) is 1. The predicted molar refractivity (Wildman–Crippen MR) is 88.6 cm³/mol. The second kappa shape index (κ2) is 6.02. The molecule has 112 valence electrons. The Hall–Kier alpha value is -1.62. The van der Waals surface area contributed by atoms with E-state index in [1.165, 1.54) is 0 Å². The Labute approximate surface area is 132 Å². The zero-order valence-electron chi connectivity index (χ0n) is 12.4. The number of hydrogen-bond acceptors (Lipinski definition) is 3. The van der Waals surface area contributed by atoms with Gasteiger partial charge in [0.15, 0.2) is 0 Å². The number of rotatable bonds is 4. The molecule has 1 aromatic carbocycles. The molecule has 2 N–H and O–H groups in total. The highest BCUT2D eigenvalue weighted by Gasteiger charge is 2.27. The van der Waals surface area contributed by atoms with Crippen LogP contribution >= 0.6 is 15.9 Å². The minimum Gasteiger partial charge on any atom is -0.481 e. The van der Waals surface area contributed by atoms with E-state index in [0.29, 0.717) is 0 Å². The molecule has 0 radical (unpaired) electrons. The number of aliphatic carboxylic acids is 1. The Kier molecular flexibility index (Phi) is 4.52. The van der Waals surface area contributed by atoms with Crippen molar-refractivity contribution in [2.45, 2.75) is 33.2 Å². The van der Waals surface area contributed by atoms with Crippen LogP contribution in [0.5, 0.6) is 0 Å². The number of anilines is 1. The highest BCUT2D eigenvalue weighted by atomic mass is 79.9. The molecule has 0 amide bonds. The van der Waals surface area contributed by atoms with Gasteiger partial charge in [0, 0.05) is 27.5 Å². The number of nitrogens with zero attached hydrogens (tertiary/aromatic N) is 1. The number of pyridine rings is 1. The second-order valence-electron chi connectivity index (χ2n) is 6.16. The SMILES string of the molecule is CC(C)(C)C(CC(=O)O)Nc1nccc2c(Br)cccc12. The van der Waals surface area contributed by atoms with Gasteiger partial charge in [0.25, 0.3) is 0 Å². The first-order valence-electron chi connectivity index (χ1n) is 6.80. The van der Waals surface area contributed by atoms with Crippen LogP contribution in [0.2, 0.25) is 0 Å². The Morgan fingerprint density at radius 2 is 2.05 bits per heavy atom. The van der Waals surface area contributed by atoms with Gasteiger partial charge in [-0.3, -0.25) is 4.79 Å². The average molecular weight is 351 g/mol. The molecule has 0 spiro atoms. The van der Waals surface area contributed by atoms with E-state index < -0.39 is 5.97 Å². The standard InChI is InChI=1S/C16H19BrN2O2/c1-16(2,3)13(9-14(20)21)19-15-11-5-4-6-12(17)10(11)7-8-18-15/h4-8,13H,9H2,1-3H3,(H,18,19)(H,20,21). The van der Waals surface area contributed by atoms with Crippen molar-refractivity contribution in [1.29, 1.82) is 0 Å². The third-order valence-corrected chi connectivity index (χ3v) is 4.18. The number of benzene rings is 1. The van der Waals surface area contributed by atoms with Gasteiger partial charge in [0.05, 0.1) is 6.42 Å². The van der Waals surface area contributed by atoms with Crippen LogP contribution in [0.1, 0.15) is 27.2 Å². The molecule has 2 rings (SSSR count). The minimum atomic E-state index is -0.816. The molecule has 5 heteroatoms. The summed E-state index contributed by atoms with van der Waals surface area (Å²) in [7, 11) is 0. The third-order valence-electron chi connectivity index (χ3n) is 3.49. The normalized spacial score (nSPS) is 13.1. The molecule has 1 heterocycles. The fourth-order valence-corrected chi connectivity index (χ4v) is 2.70. The molecule has 0 fully saturated rings. The van der Waals surface area contributed by atoms with Gasteiger partial charge in [-0.05, 0) is 17.5 Å². The molecule has 0 saturated carbocycles. The number of fused-ring (bicyclic) bond motifs is 1. The maximum Gasteiger partial charge on any atom is 0.305 e. The predicted octanol–water partition coefficient (Wildman–Crippen LogP) is 4.30. The van der Waals surface area contributed by atoms with Crippen LogP contribution < -0.4 is 5.32 Å². The molecule has 0 saturated heterocycles. The Morgan fingerprint density at radius 1 is 1.33 bits per heavy atom. The van der Waals surface area contributed by atoms with Gasteiger partial charge < -0.3 is 10.4 Å². The summed E-state index contributed by atoms with van der Waals surface area (Å²) in [4.78, 5) is 15.5. The van der Waals surface area contributed by atoms with Crippen molar-refractivity contribution >= 4 is 38.5 Å². The minimum absolute atomic E-state index is 0.0512. The van der Waals surface area contributed by atoms with Gasteiger partial charge in [0.1, 0.15) is 5.82 Å². The summed E-state index contributed by atoms with van der Waals surface area (Å²) in [6.45, 7) is 6.07. The van der Waals surface area contributed by atoms with Gasteiger partial charge in [0.2, 0.25) is 0 Å². The number of carbonyl (C=O) groups is 1. The average Bonchev–Trinajstić information content (AvgIpc) is 2.37. The maximum atomic E-state index is 11.1. The van der Waals surface area contributed by atoms with E-state index in [1.807, 2.05) is 45.0 Å². The Balaban J connectivity index is 2.42. The van der Waals surface area contributed by atoms with Crippen LogP contribution in [0.25, 0.3) is 10.8 Å². The zero-order chi connectivity index (χ0) is 15.6. The molecule has 0 bridgehead atoms. The van der Waals surface area contributed by atoms with Crippen molar-refractivity contribution in [1.82, 2.24) is 4.98 Å². The molecule has 1 unspecified atom stereocenters. The molecule has 0 aliphatic heterocycles. The summed E-state index contributed by atoms with van der Waals surface area (Å²) >= 11 is 3.53. The molecule has 0 aliphatic rings. The van der Waals surface area contributed by atoms with Crippen molar-refractivity contribution in [3.63, 3.8) is 0 Å². The number of hydrogen-bond donors (Lipinski definition) is 2. The second-order valence-corrected chi connectivity index (χ2v) is 7.01. The topological polar surface area (TPSA) is 62.2 Å². The number of aromatic nitrogens is 1. The monoisotopic (exact) mass is 350 g/mol. The first kappa shape index (κ1) is 15.8. The Bertz CT molecular complexity index is 665. The molecular weight excluding hydrogens is 332 g/mol. The lowest BCUT2D eigenvalue weighted by Crippen LogP contribution is -2.36. The first-order chi connectivity index (χ1) is 9.79. The summed E-state index contributed by atoms with van der Waals surface area (Å²) in [5.74, 6) is -0.0983. The van der Waals surface area contributed by atoms with E-state index in [9.17, 15) is 4.79 Å². The lowest BCUT2D eigenvalue weighted by atomic mass is 9.84. The van der Waals surface area contributed by atoms with Gasteiger partial charge in [-0.25, -0.2) is 4.98 Å². The van der Waals surface area contributed by atoms with Crippen molar-refractivity contribution < 1.29 is 9.90 Å². The molecule has 1 atom stereocenters. The van der Waals surface area contributed by atoms with Crippen LogP contribution in [0, 0.1) is 5.41 Å². The zero-order valence-corrected chi connectivity index (χ0v) is 13.9. The fraction of sp³-hybridized carbons (Fsp3) is 0.375. The molecule has 2 aromatic rings. The van der Waals surface area contributed by atoms with Gasteiger partial charge >= 0.3 is 5.97 Å². The van der Waals surface area contributed by atoms with Crippen molar-refractivity contribution in [2.24, 2.45) is 5.41 Å². The lowest BCUT2D eigenvalue weighted by Gasteiger charge is -2.31. The largest absolute Gasteiger partial charge is 0.481 e. The van der Waals surface area contributed by atoms with E-state index in [-0.39, 0.29) is 17.9 Å². The van der Waals surface area contributed by atoms with Gasteiger partial charge in [-0.2, -0.15) is 0 Å². The highest BCUT2D eigenvalue weighted by molar-refractivity contribution is 9.10. The summed E-state index contributed by atoms with van der Waals surface area (Å²) in [6.07, 6.45) is 1.78. The molecule has 1 aromatic heterocycles. The van der Waals surface area contributed by atoms with E-state index in [0.717, 1.165) is 21.1 Å². The van der Waals surface area contributed by atoms with E-state index >= 15 is 0 Å². The summed E-state index contributed by atoms with van der Waals surface area (Å²) < 4.78 is 0.996. The molecule has 21 heavy (non-hydrogen) atoms. The number of carboxylic acids is 1. The maximum absolute atomic E-state index is 11.1. The summed E-state index contributed by atoms with van der Waals surface area (Å²) in [5, 5.41) is 14.5. The van der Waals surface area contributed by atoms with Crippen LogP contribution in [-0.4, -0.2) is 22.1 Å². The van der Waals surface area contributed by atoms with Gasteiger partial charge in [-0.1, -0.05) is 48.8 Å². The van der Waals surface area contributed by atoms with E-state index in [2.05, 4.69) is 26.2 Å². The van der Waals surface area contributed by atoms with Crippen LogP contribution in [0.15, 0.2) is 34.9 Å². The van der Waals surface area contributed by atoms with Crippen molar-refractivity contribution in [3.8, 4) is 0 Å². The van der Waals surface area contributed by atoms with Gasteiger partial charge in [-0.15, -0.1) is 0 Å². The molecular formula is C16H19BrN2O2. The van der Waals surface area contributed by atoms with Crippen molar-refractivity contribution in [2.75, 3.05) is 5.32 Å². The highest BCUT2D eigenvalue weighted by Crippen LogP contribution is 2.31. The smallest absolute Gasteiger partial charge is 0.305 e. The van der Waals surface area contributed by atoms with E-state index in [4.69, 9.17) is 5.11 Å². The fourth-order valence-electron chi connectivity index (χ4n) is 2.20. The molecule has 0 aliphatic carbocycles. The summed E-state index contributed by atoms with van der Waals surface area (Å²) in [6, 6.07) is 7.64. The first-order valence-corrected chi connectivity index (χ1v) is 7.60.